The lowest BCUT2D eigenvalue weighted by Crippen LogP contribution is -2.51. The van der Waals surface area contributed by atoms with Gasteiger partial charge in [0.1, 0.15) is 0 Å². The number of carbonyl (C=O) groups excluding carboxylic acids is 1. The average molecular weight is 418 g/mol. The molecule has 3 rings (SSSR count). The second-order valence-electron chi connectivity index (χ2n) is 7.62. The van der Waals surface area contributed by atoms with Gasteiger partial charge < -0.3 is 21.1 Å². The van der Waals surface area contributed by atoms with Crippen molar-refractivity contribution in [3.8, 4) is 0 Å². The van der Waals surface area contributed by atoms with Crippen molar-refractivity contribution >= 4 is 6.03 Å². The highest BCUT2D eigenvalue weighted by Gasteiger charge is 2.21. The molecule has 0 saturated carbocycles. The summed E-state index contributed by atoms with van der Waals surface area (Å²) in [5.41, 5.74) is 3.35. The molecule has 2 amide bonds. The summed E-state index contributed by atoms with van der Waals surface area (Å²) in [7, 11) is 0. The normalized spacial score (nSPS) is 12.7. The van der Waals surface area contributed by atoms with Crippen LogP contribution in [-0.2, 0) is 19.4 Å². The largest absolute Gasteiger partial charge is 0.390 e. The van der Waals surface area contributed by atoms with Crippen molar-refractivity contribution in [2.75, 3.05) is 13.1 Å². The molecule has 5 heteroatoms. The van der Waals surface area contributed by atoms with E-state index in [0.717, 1.165) is 24.1 Å². The standard InChI is InChI=1S/C26H31N3O2/c30-25(20-27-17-16-21-10-4-1-5-11-21)24(18-22-12-6-2-7-13-22)29-26(31)28-19-23-14-8-3-9-15-23/h1-15,24-25,27,30H,16-20H2,(H2,28,29,31). The maximum atomic E-state index is 12.5. The van der Waals surface area contributed by atoms with E-state index in [0.29, 0.717) is 19.5 Å². The molecule has 3 aromatic rings. The Morgan fingerprint density at radius 3 is 1.94 bits per heavy atom. The maximum Gasteiger partial charge on any atom is 0.315 e. The van der Waals surface area contributed by atoms with Crippen molar-refractivity contribution in [3.63, 3.8) is 0 Å². The van der Waals surface area contributed by atoms with Crippen LogP contribution in [0.3, 0.4) is 0 Å². The van der Waals surface area contributed by atoms with Gasteiger partial charge in [-0.1, -0.05) is 91.0 Å². The smallest absolute Gasteiger partial charge is 0.315 e. The minimum absolute atomic E-state index is 0.284. The Labute approximate surface area is 184 Å². The highest BCUT2D eigenvalue weighted by Crippen LogP contribution is 2.07. The van der Waals surface area contributed by atoms with Crippen LogP contribution in [0.1, 0.15) is 16.7 Å². The van der Waals surface area contributed by atoms with Crippen molar-refractivity contribution < 1.29 is 9.90 Å². The molecule has 31 heavy (non-hydrogen) atoms. The Bertz CT molecular complexity index is 888. The molecule has 4 N–H and O–H groups in total. The fraction of sp³-hybridized carbons (Fsp3) is 0.269. The summed E-state index contributed by atoms with van der Waals surface area (Å²) in [5.74, 6) is 0. The monoisotopic (exact) mass is 417 g/mol. The molecule has 0 heterocycles. The van der Waals surface area contributed by atoms with E-state index in [-0.39, 0.29) is 6.03 Å². The summed E-state index contributed by atoms with van der Waals surface area (Å²) in [5, 5.41) is 19.9. The number of aliphatic hydroxyl groups excluding tert-OH is 1. The summed E-state index contributed by atoms with van der Waals surface area (Å²) in [6.07, 6.45) is 0.738. The Kier molecular flexibility index (Phi) is 9.10. The van der Waals surface area contributed by atoms with Crippen LogP contribution < -0.4 is 16.0 Å². The van der Waals surface area contributed by atoms with Gasteiger partial charge in [-0.05, 0) is 36.1 Å². The van der Waals surface area contributed by atoms with Crippen LogP contribution in [0.2, 0.25) is 0 Å². The van der Waals surface area contributed by atoms with Crippen molar-refractivity contribution in [2.45, 2.75) is 31.5 Å². The molecule has 0 saturated heterocycles. The lowest BCUT2D eigenvalue weighted by atomic mass is 10.0. The summed E-state index contributed by atoms with van der Waals surface area (Å²) in [6.45, 7) is 1.61. The predicted molar refractivity (Wildman–Crippen MR) is 125 cm³/mol. The molecular weight excluding hydrogens is 386 g/mol. The number of hydrogen-bond acceptors (Lipinski definition) is 3. The zero-order valence-electron chi connectivity index (χ0n) is 17.7. The van der Waals surface area contributed by atoms with Crippen LogP contribution in [0.25, 0.3) is 0 Å². The average Bonchev–Trinajstić information content (AvgIpc) is 2.82. The van der Waals surface area contributed by atoms with E-state index in [9.17, 15) is 9.90 Å². The van der Waals surface area contributed by atoms with Gasteiger partial charge in [-0.2, -0.15) is 0 Å². The van der Waals surface area contributed by atoms with Gasteiger partial charge in [-0.15, -0.1) is 0 Å². The number of urea groups is 1. The van der Waals surface area contributed by atoms with E-state index in [1.165, 1.54) is 5.56 Å². The molecule has 0 aliphatic heterocycles. The number of carbonyl (C=O) groups is 1. The molecule has 0 radical (unpaired) electrons. The van der Waals surface area contributed by atoms with Crippen LogP contribution >= 0.6 is 0 Å². The molecule has 2 unspecified atom stereocenters. The van der Waals surface area contributed by atoms with Crippen LogP contribution in [-0.4, -0.2) is 36.4 Å². The topological polar surface area (TPSA) is 73.4 Å². The van der Waals surface area contributed by atoms with E-state index in [2.05, 4.69) is 28.1 Å². The zero-order chi connectivity index (χ0) is 21.7. The predicted octanol–water partition coefficient (Wildman–Crippen LogP) is 3.29. The summed E-state index contributed by atoms with van der Waals surface area (Å²) >= 11 is 0. The molecule has 3 aromatic carbocycles. The Hall–Kier alpha value is -3.15. The van der Waals surface area contributed by atoms with Crippen molar-refractivity contribution in [2.24, 2.45) is 0 Å². The van der Waals surface area contributed by atoms with Crippen LogP contribution in [0.4, 0.5) is 4.79 Å². The van der Waals surface area contributed by atoms with E-state index in [4.69, 9.17) is 0 Å². The summed E-state index contributed by atoms with van der Waals surface area (Å²) in [4.78, 5) is 12.5. The van der Waals surface area contributed by atoms with Gasteiger partial charge in [-0.3, -0.25) is 0 Å². The molecule has 162 valence electrons. The molecule has 0 aromatic heterocycles. The lowest BCUT2D eigenvalue weighted by Gasteiger charge is -2.25. The van der Waals surface area contributed by atoms with Gasteiger partial charge in [0, 0.05) is 13.1 Å². The van der Waals surface area contributed by atoms with Gasteiger partial charge >= 0.3 is 6.03 Å². The van der Waals surface area contributed by atoms with Crippen LogP contribution in [0.5, 0.6) is 0 Å². The number of aliphatic hydroxyl groups is 1. The highest BCUT2D eigenvalue weighted by atomic mass is 16.3. The van der Waals surface area contributed by atoms with Gasteiger partial charge in [0.2, 0.25) is 0 Å². The molecule has 0 fully saturated rings. The second kappa shape index (κ2) is 12.5. The first kappa shape index (κ1) is 22.5. The van der Waals surface area contributed by atoms with Crippen molar-refractivity contribution in [3.05, 3.63) is 108 Å². The van der Waals surface area contributed by atoms with E-state index in [1.807, 2.05) is 78.9 Å². The number of benzene rings is 3. The third kappa shape index (κ3) is 8.24. The first-order valence-electron chi connectivity index (χ1n) is 10.8. The van der Waals surface area contributed by atoms with Gasteiger partial charge in [0.15, 0.2) is 0 Å². The first-order chi connectivity index (χ1) is 15.2. The zero-order valence-corrected chi connectivity index (χ0v) is 17.7. The third-order valence-electron chi connectivity index (χ3n) is 5.16. The third-order valence-corrected chi connectivity index (χ3v) is 5.16. The molecule has 0 spiro atoms. The molecule has 5 nitrogen and oxygen atoms in total. The molecule has 2 atom stereocenters. The fourth-order valence-corrected chi connectivity index (χ4v) is 3.42. The van der Waals surface area contributed by atoms with E-state index >= 15 is 0 Å². The highest BCUT2D eigenvalue weighted by molar-refractivity contribution is 5.74. The molecule has 0 bridgehead atoms. The maximum absolute atomic E-state index is 12.5. The molecule has 0 aliphatic rings. The number of rotatable bonds is 11. The lowest BCUT2D eigenvalue weighted by molar-refractivity contribution is 0.127. The second-order valence-corrected chi connectivity index (χ2v) is 7.62. The first-order valence-corrected chi connectivity index (χ1v) is 10.8. The van der Waals surface area contributed by atoms with Crippen LogP contribution in [0.15, 0.2) is 91.0 Å². The SMILES string of the molecule is O=C(NCc1ccccc1)NC(Cc1ccccc1)C(O)CNCCc1ccccc1. The van der Waals surface area contributed by atoms with E-state index < -0.39 is 12.1 Å². The minimum Gasteiger partial charge on any atom is -0.390 e. The molecule has 0 aliphatic carbocycles. The van der Waals surface area contributed by atoms with Gasteiger partial charge in [-0.25, -0.2) is 4.79 Å². The number of amides is 2. The summed E-state index contributed by atoms with van der Waals surface area (Å²) in [6, 6.07) is 29.2. The molecular formula is C26H31N3O2. The van der Waals surface area contributed by atoms with Crippen molar-refractivity contribution in [1.29, 1.82) is 0 Å². The number of nitrogens with one attached hydrogen (secondary N) is 3. The number of hydrogen-bond donors (Lipinski definition) is 4. The Morgan fingerprint density at radius 1 is 0.774 bits per heavy atom. The fourth-order valence-electron chi connectivity index (χ4n) is 3.42. The van der Waals surface area contributed by atoms with Crippen molar-refractivity contribution in [1.82, 2.24) is 16.0 Å². The van der Waals surface area contributed by atoms with Gasteiger partial charge in [0.25, 0.3) is 0 Å². The Balaban J connectivity index is 1.51. The van der Waals surface area contributed by atoms with E-state index in [1.54, 1.807) is 0 Å². The van der Waals surface area contributed by atoms with Crippen LogP contribution in [0, 0.1) is 0 Å². The summed E-state index contributed by atoms with van der Waals surface area (Å²) < 4.78 is 0. The van der Waals surface area contributed by atoms with Gasteiger partial charge in [0.05, 0.1) is 12.1 Å². The minimum atomic E-state index is -0.710. The quantitative estimate of drug-likeness (QED) is 0.362. The Morgan fingerprint density at radius 2 is 1.32 bits per heavy atom.